The topological polar surface area (TPSA) is 26.0 Å². The Bertz CT molecular complexity index is 755. The lowest BCUT2D eigenvalue weighted by molar-refractivity contribution is 1.03. The Morgan fingerprint density at radius 3 is 2.50 bits per heavy atom. The van der Waals surface area contributed by atoms with E-state index in [-0.39, 0.29) is 0 Å². The predicted octanol–water partition coefficient (Wildman–Crippen LogP) is 5.10. The zero-order valence-corrected chi connectivity index (χ0v) is 12.4. The van der Waals surface area contributed by atoms with E-state index < -0.39 is 0 Å². The molecule has 0 saturated carbocycles. The van der Waals surface area contributed by atoms with Crippen LogP contribution in [0.1, 0.15) is 5.56 Å². The van der Waals surface area contributed by atoms with E-state index in [0.717, 1.165) is 15.5 Å². The summed E-state index contributed by atoms with van der Waals surface area (Å²) in [4.78, 5) is 2.32. The molecule has 100 valence electrons. The maximum Gasteiger partial charge on any atom is 0.0462 e. The number of halogens is 1. The molecule has 0 aliphatic rings. The summed E-state index contributed by atoms with van der Waals surface area (Å²) in [5.41, 5.74) is 6.80. The van der Waals surface area contributed by atoms with E-state index in [1.54, 1.807) is 11.8 Å². The van der Waals surface area contributed by atoms with Gasteiger partial charge in [0.05, 0.1) is 0 Å². The Hall–Kier alpha value is -1.48. The highest BCUT2D eigenvalue weighted by Crippen LogP contribution is 2.34. The van der Waals surface area contributed by atoms with Crippen LogP contribution in [0.3, 0.4) is 0 Å². The molecule has 0 amide bonds. The maximum atomic E-state index is 6.20. The zero-order valence-electron chi connectivity index (χ0n) is 10.8. The molecular formula is C17H14ClNS. The van der Waals surface area contributed by atoms with E-state index in [1.807, 2.05) is 12.1 Å². The molecule has 0 unspecified atom stereocenters. The van der Waals surface area contributed by atoms with Gasteiger partial charge in [-0.2, -0.15) is 0 Å². The largest absolute Gasteiger partial charge is 0.326 e. The molecule has 0 spiro atoms. The van der Waals surface area contributed by atoms with Crippen molar-refractivity contribution in [2.24, 2.45) is 5.73 Å². The van der Waals surface area contributed by atoms with E-state index >= 15 is 0 Å². The van der Waals surface area contributed by atoms with Crippen LogP contribution in [0.15, 0.2) is 70.5 Å². The van der Waals surface area contributed by atoms with Crippen LogP contribution in [-0.4, -0.2) is 0 Å². The van der Waals surface area contributed by atoms with Gasteiger partial charge in [-0.15, -0.1) is 0 Å². The van der Waals surface area contributed by atoms with Crippen molar-refractivity contribution in [2.45, 2.75) is 16.3 Å². The van der Waals surface area contributed by atoms with Gasteiger partial charge in [0.1, 0.15) is 0 Å². The average molecular weight is 300 g/mol. The van der Waals surface area contributed by atoms with E-state index in [0.29, 0.717) is 6.54 Å². The van der Waals surface area contributed by atoms with Crippen LogP contribution in [-0.2, 0) is 6.54 Å². The second-order valence-electron chi connectivity index (χ2n) is 4.53. The summed E-state index contributed by atoms with van der Waals surface area (Å²) >= 11 is 7.90. The van der Waals surface area contributed by atoms with Gasteiger partial charge in [0.15, 0.2) is 0 Å². The molecule has 3 aromatic carbocycles. The molecule has 0 fully saturated rings. The fraction of sp³-hybridized carbons (Fsp3) is 0.0588. The summed E-state index contributed by atoms with van der Waals surface area (Å²) in [6.07, 6.45) is 0. The molecule has 0 bridgehead atoms. The van der Waals surface area contributed by atoms with Crippen molar-refractivity contribution in [3.63, 3.8) is 0 Å². The molecular weight excluding hydrogens is 286 g/mol. The predicted molar refractivity (Wildman–Crippen MR) is 87.4 cm³/mol. The highest BCUT2D eigenvalue weighted by molar-refractivity contribution is 7.99. The lowest BCUT2D eigenvalue weighted by atomic mass is 10.1. The SMILES string of the molecule is NCc1c(Cl)cccc1Sc1ccc2ccccc2c1. The lowest BCUT2D eigenvalue weighted by Gasteiger charge is -2.09. The third kappa shape index (κ3) is 2.68. The van der Waals surface area contributed by atoms with Gasteiger partial charge >= 0.3 is 0 Å². The Labute approximate surface area is 127 Å². The molecule has 3 heteroatoms. The maximum absolute atomic E-state index is 6.20. The molecule has 0 aliphatic carbocycles. The van der Waals surface area contributed by atoms with Crippen molar-refractivity contribution in [2.75, 3.05) is 0 Å². The van der Waals surface area contributed by atoms with Crippen LogP contribution in [0.5, 0.6) is 0 Å². The van der Waals surface area contributed by atoms with Crippen molar-refractivity contribution in [3.05, 3.63) is 71.2 Å². The van der Waals surface area contributed by atoms with E-state index in [9.17, 15) is 0 Å². The van der Waals surface area contributed by atoms with Gasteiger partial charge < -0.3 is 5.73 Å². The van der Waals surface area contributed by atoms with Crippen molar-refractivity contribution in [3.8, 4) is 0 Å². The summed E-state index contributed by atoms with van der Waals surface area (Å²) in [7, 11) is 0. The number of rotatable bonds is 3. The first kappa shape index (κ1) is 13.5. The van der Waals surface area contributed by atoms with Gasteiger partial charge in [0.25, 0.3) is 0 Å². The first-order valence-electron chi connectivity index (χ1n) is 6.42. The van der Waals surface area contributed by atoms with Crippen LogP contribution >= 0.6 is 23.4 Å². The smallest absolute Gasteiger partial charge is 0.0462 e. The van der Waals surface area contributed by atoms with Crippen LogP contribution in [0.2, 0.25) is 5.02 Å². The zero-order chi connectivity index (χ0) is 13.9. The molecule has 0 aromatic heterocycles. The quantitative estimate of drug-likeness (QED) is 0.728. The van der Waals surface area contributed by atoms with Crippen LogP contribution in [0.4, 0.5) is 0 Å². The summed E-state index contributed by atoms with van der Waals surface area (Å²) in [5, 5.41) is 3.23. The van der Waals surface area contributed by atoms with Crippen LogP contribution in [0, 0.1) is 0 Å². The Kier molecular flexibility index (Phi) is 3.97. The molecule has 3 aromatic rings. The van der Waals surface area contributed by atoms with Gasteiger partial charge in [-0.1, -0.05) is 59.8 Å². The monoisotopic (exact) mass is 299 g/mol. The normalized spacial score (nSPS) is 10.9. The summed E-state index contributed by atoms with van der Waals surface area (Å²) < 4.78 is 0. The van der Waals surface area contributed by atoms with Crippen molar-refractivity contribution >= 4 is 34.1 Å². The standard InChI is InChI=1S/C17H14ClNS/c18-16-6-3-7-17(15(16)11-19)20-14-9-8-12-4-1-2-5-13(12)10-14/h1-10H,11,19H2. The third-order valence-corrected chi connectivity index (χ3v) is 4.67. The minimum absolute atomic E-state index is 0.454. The summed E-state index contributed by atoms with van der Waals surface area (Å²) in [6, 6.07) is 20.7. The van der Waals surface area contributed by atoms with Crippen LogP contribution < -0.4 is 5.73 Å². The second-order valence-corrected chi connectivity index (χ2v) is 6.05. The minimum atomic E-state index is 0.454. The second kappa shape index (κ2) is 5.88. The van der Waals surface area contributed by atoms with Gasteiger partial charge in [-0.25, -0.2) is 0 Å². The number of fused-ring (bicyclic) bond motifs is 1. The first-order chi connectivity index (χ1) is 9.78. The highest BCUT2D eigenvalue weighted by atomic mass is 35.5. The molecule has 0 heterocycles. The van der Waals surface area contributed by atoms with Gasteiger partial charge in [0.2, 0.25) is 0 Å². The summed E-state index contributed by atoms with van der Waals surface area (Å²) in [5.74, 6) is 0. The van der Waals surface area contributed by atoms with Crippen molar-refractivity contribution in [1.82, 2.24) is 0 Å². The Balaban J connectivity index is 1.99. The Morgan fingerprint density at radius 2 is 1.70 bits per heavy atom. The molecule has 3 rings (SSSR count). The lowest BCUT2D eigenvalue weighted by Crippen LogP contribution is -1.99. The van der Waals surface area contributed by atoms with Crippen molar-refractivity contribution in [1.29, 1.82) is 0 Å². The number of nitrogens with two attached hydrogens (primary N) is 1. The van der Waals surface area contributed by atoms with E-state index in [4.69, 9.17) is 17.3 Å². The molecule has 2 N–H and O–H groups in total. The average Bonchev–Trinajstić information content (AvgIpc) is 2.47. The fourth-order valence-corrected chi connectivity index (χ4v) is 3.54. The first-order valence-corrected chi connectivity index (χ1v) is 7.61. The number of hydrogen-bond donors (Lipinski definition) is 1. The highest BCUT2D eigenvalue weighted by Gasteiger charge is 2.07. The number of hydrogen-bond acceptors (Lipinski definition) is 2. The minimum Gasteiger partial charge on any atom is -0.326 e. The van der Waals surface area contributed by atoms with E-state index in [1.165, 1.54) is 15.7 Å². The fourth-order valence-electron chi connectivity index (χ4n) is 2.19. The molecule has 20 heavy (non-hydrogen) atoms. The van der Waals surface area contributed by atoms with Crippen molar-refractivity contribution < 1.29 is 0 Å². The summed E-state index contributed by atoms with van der Waals surface area (Å²) in [6.45, 7) is 0.454. The molecule has 1 nitrogen and oxygen atoms in total. The van der Waals surface area contributed by atoms with Gasteiger partial charge in [0, 0.05) is 21.4 Å². The van der Waals surface area contributed by atoms with Gasteiger partial charge in [-0.3, -0.25) is 0 Å². The Morgan fingerprint density at radius 1 is 0.900 bits per heavy atom. The molecule has 0 radical (unpaired) electrons. The van der Waals surface area contributed by atoms with Gasteiger partial charge in [-0.05, 0) is 40.6 Å². The third-order valence-electron chi connectivity index (χ3n) is 3.23. The molecule has 0 aliphatic heterocycles. The number of benzene rings is 3. The molecule has 0 saturated heterocycles. The molecule has 0 atom stereocenters. The van der Waals surface area contributed by atoms with Crippen LogP contribution in [0.25, 0.3) is 10.8 Å². The van der Waals surface area contributed by atoms with E-state index in [2.05, 4.69) is 48.5 Å².